The molecule has 1 aromatic carbocycles. The zero-order valence-electron chi connectivity index (χ0n) is 12.3. The molecule has 0 heterocycles. The van der Waals surface area contributed by atoms with Crippen molar-refractivity contribution < 1.29 is 9.53 Å². The lowest BCUT2D eigenvalue weighted by atomic mass is 10.1. The maximum Gasteiger partial charge on any atom is 0.239 e. The highest BCUT2D eigenvalue weighted by molar-refractivity contribution is 9.10. The Kier molecular flexibility index (Phi) is 6.97. The average molecular weight is 378 g/mol. The van der Waals surface area contributed by atoms with Crippen LogP contribution in [0.3, 0.4) is 0 Å². The van der Waals surface area contributed by atoms with Crippen LogP contribution >= 0.6 is 28.3 Å². The Balaban J connectivity index is 0.00000220. The van der Waals surface area contributed by atoms with Crippen LogP contribution in [0, 0.1) is 0 Å². The van der Waals surface area contributed by atoms with Gasteiger partial charge in [0, 0.05) is 22.6 Å². The molecule has 1 saturated carbocycles. The van der Waals surface area contributed by atoms with Gasteiger partial charge in [0.15, 0.2) is 0 Å². The molecule has 118 valence electrons. The second-order valence-electron chi connectivity index (χ2n) is 5.17. The van der Waals surface area contributed by atoms with E-state index in [1.54, 1.807) is 6.92 Å². The van der Waals surface area contributed by atoms with Gasteiger partial charge in [-0.25, -0.2) is 0 Å². The molecule has 2 N–H and O–H groups in total. The number of halogens is 2. The maximum atomic E-state index is 12.2. The topological polar surface area (TPSA) is 55.6 Å². The van der Waals surface area contributed by atoms with Crippen molar-refractivity contribution in [3.8, 4) is 5.75 Å². The van der Waals surface area contributed by atoms with Crippen molar-refractivity contribution in [3.05, 3.63) is 28.2 Å². The van der Waals surface area contributed by atoms with Gasteiger partial charge in [-0.15, -0.1) is 12.4 Å². The Bertz CT molecular complexity index is 493. The van der Waals surface area contributed by atoms with Crippen LogP contribution < -0.4 is 10.5 Å². The van der Waals surface area contributed by atoms with Gasteiger partial charge in [0.2, 0.25) is 5.91 Å². The standard InChI is InChI=1S/C15H21BrN2O2.ClH/c1-3-20-14-7-4-12(16)8-11(14)9-18(13-5-6-13)15(19)10(2)17;/h4,7-8,10,13H,3,5-6,9,17H2,1-2H3;1H/t10-;/m0./s1. The van der Waals surface area contributed by atoms with Crippen LogP contribution in [-0.4, -0.2) is 29.5 Å². The molecule has 1 aromatic rings. The molecule has 1 fully saturated rings. The van der Waals surface area contributed by atoms with Gasteiger partial charge in [0.25, 0.3) is 0 Å². The van der Waals surface area contributed by atoms with E-state index in [-0.39, 0.29) is 18.3 Å². The smallest absolute Gasteiger partial charge is 0.239 e. The van der Waals surface area contributed by atoms with Gasteiger partial charge in [-0.3, -0.25) is 4.79 Å². The number of carbonyl (C=O) groups is 1. The normalized spacial score (nSPS) is 15.0. The van der Waals surface area contributed by atoms with Gasteiger partial charge in [0.05, 0.1) is 12.6 Å². The molecular weight excluding hydrogens is 356 g/mol. The minimum absolute atomic E-state index is 0. The number of nitrogens with zero attached hydrogens (tertiary/aromatic N) is 1. The van der Waals surface area contributed by atoms with E-state index in [0.717, 1.165) is 28.6 Å². The summed E-state index contributed by atoms with van der Waals surface area (Å²) in [6.45, 7) is 4.86. The second kappa shape index (κ2) is 8.01. The molecule has 4 nitrogen and oxygen atoms in total. The van der Waals surface area contributed by atoms with Gasteiger partial charge in [-0.2, -0.15) is 0 Å². The number of benzene rings is 1. The van der Waals surface area contributed by atoms with Crippen LogP contribution in [0.1, 0.15) is 32.3 Å². The van der Waals surface area contributed by atoms with Gasteiger partial charge < -0.3 is 15.4 Å². The van der Waals surface area contributed by atoms with Crippen molar-refractivity contribution in [2.45, 2.75) is 45.3 Å². The third kappa shape index (κ3) is 4.87. The Morgan fingerprint density at radius 3 is 2.71 bits per heavy atom. The molecule has 1 aliphatic rings. The van der Waals surface area contributed by atoms with Crippen molar-refractivity contribution in [3.63, 3.8) is 0 Å². The van der Waals surface area contributed by atoms with E-state index in [9.17, 15) is 4.79 Å². The van der Waals surface area contributed by atoms with Crippen LogP contribution in [0.25, 0.3) is 0 Å². The molecule has 0 radical (unpaired) electrons. The second-order valence-corrected chi connectivity index (χ2v) is 6.09. The largest absolute Gasteiger partial charge is 0.494 e. The summed E-state index contributed by atoms with van der Waals surface area (Å²) in [5, 5.41) is 0. The monoisotopic (exact) mass is 376 g/mol. The molecule has 0 aromatic heterocycles. The first-order valence-corrected chi connectivity index (χ1v) is 7.79. The Morgan fingerprint density at radius 2 is 2.19 bits per heavy atom. The Hall–Kier alpha value is -0.780. The first-order valence-electron chi connectivity index (χ1n) is 7.00. The highest BCUT2D eigenvalue weighted by Gasteiger charge is 2.34. The van der Waals surface area contributed by atoms with E-state index in [4.69, 9.17) is 10.5 Å². The first kappa shape index (κ1) is 18.3. The SMILES string of the molecule is CCOc1ccc(Br)cc1CN(C(=O)[C@H](C)N)C1CC1.Cl. The molecule has 0 bridgehead atoms. The third-order valence-electron chi connectivity index (χ3n) is 3.32. The van der Waals surface area contributed by atoms with Crippen molar-refractivity contribution >= 4 is 34.2 Å². The van der Waals surface area contributed by atoms with E-state index >= 15 is 0 Å². The van der Waals surface area contributed by atoms with Crippen LogP contribution in [0.15, 0.2) is 22.7 Å². The average Bonchev–Trinajstić information content (AvgIpc) is 3.22. The lowest BCUT2D eigenvalue weighted by molar-refractivity contribution is -0.133. The number of ether oxygens (including phenoxy) is 1. The molecule has 0 saturated heterocycles. The van der Waals surface area contributed by atoms with Crippen molar-refractivity contribution in [2.24, 2.45) is 5.73 Å². The molecule has 0 aliphatic heterocycles. The van der Waals surface area contributed by atoms with Crippen LogP contribution in [0.2, 0.25) is 0 Å². The van der Waals surface area contributed by atoms with Crippen molar-refractivity contribution in [2.75, 3.05) is 6.61 Å². The highest BCUT2D eigenvalue weighted by atomic mass is 79.9. The summed E-state index contributed by atoms with van der Waals surface area (Å²) in [5.74, 6) is 0.841. The number of hydrogen-bond donors (Lipinski definition) is 1. The summed E-state index contributed by atoms with van der Waals surface area (Å²) >= 11 is 3.47. The van der Waals surface area contributed by atoms with Gasteiger partial charge in [0.1, 0.15) is 5.75 Å². The minimum atomic E-state index is -0.460. The zero-order chi connectivity index (χ0) is 14.7. The summed E-state index contributed by atoms with van der Waals surface area (Å²) in [7, 11) is 0. The lowest BCUT2D eigenvalue weighted by Gasteiger charge is -2.25. The van der Waals surface area contributed by atoms with Gasteiger partial charge in [-0.05, 0) is 44.9 Å². The minimum Gasteiger partial charge on any atom is -0.494 e. The molecule has 0 unspecified atom stereocenters. The van der Waals surface area contributed by atoms with Crippen LogP contribution in [0.4, 0.5) is 0 Å². The number of nitrogens with two attached hydrogens (primary N) is 1. The van der Waals surface area contributed by atoms with Crippen molar-refractivity contribution in [1.29, 1.82) is 0 Å². The van der Waals surface area contributed by atoms with E-state index < -0.39 is 6.04 Å². The van der Waals surface area contributed by atoms with Crippen LogP contribution in [-0.2, 0) is 11.3 Å². The van der Waals surface area contributed by atoms with Gasteiger partial charge >= 0.3 is 0 Å². The molecule has 0 spiro atoms. The summed E-state index contributed by atoms with van der Waals surface area (Å²) in [4.78, 5) is 14.1. The summed E-state index contributed by atoms with van der Waals surface area (Å²) in [5.41, 5.74) is 6.77. The fourth-order valence-corrected chi connectivity index (χ4v) is 2.59. The quantitative estimate of drug-likeness (QED) is 0.829. The maximum absolute atomic E-state index is 12.2. The lowest BCUT2D eigenvalue weighted by Crippen LogP contribution is -2.42. The molecule has 1 amide bonds. The molecule has 6 heteroatoms. The van der Waals surface area contributed by atoms with E-state index in [1.807, 2.05) is 30.0 Å². The number of hydrogen-bond acceptors (Lipinski definition) is 3. The number of carbonyl (C=O) groups excluding carboxylic acids is 1. The predicted molar refractivity (Wildman–Crippen MR) is 89.8 cm³/mol. The first-order chi connectivity index (χ1) is 9.52. The molecule has 2 rings (SSSR count). The van der Waals surface area contributed by atoms with Crippen LogP contribution in [0.5, 0.6) is 5.75 Å². The van der Waals surface area contributed by atoms with E-state index in [2.05, 4.69) is 15.9 Å². The summed E-state index contributed by atoms with van der Waals surface area (Å²) < 4.78 is 6.63. The number of amides is 1. The van der Waals surface area contributed by atoms with E-state index in [1.165, 1.54) is 0 Å². The Morgan fingerprint density at radius 1 is 1.52 bits per heavy atom. The van der Waals surface area contributed by atoms with E-state index in [0.29, 0.717) is 19.2 Å². The summed E-state index contributed by atoms with van der Waals surface area (Å²) in [6, 6.07) is 5.77. The fourth-order valence-electron chi connectivity index (χ4n) is 2.19. The summed E-state index contributed by atoms with van der Waals surface area (Å²) in [6.07, 6.45) is 2.13. The third-order valence-corrected chi connectivity index (χ3v) is 3.82. The predicted octanol–water partition coefficient (Wildman–Crippen LogP) is 3.11. The molecule has 1 atom stereocenters. The number of rotatable bonds is 6. The molecular formula is C15H22BrClN2O2. The highest BCUT2D eigenvalue weighted by Crippen LogP contribution is 2.32. The molecule has 1 aliphatic carbocycles. The fraction of sp³-hybridized carbons (Fsp3) is 0.533. The molecule has 21 heavy (non-hydrogen) atoms. The van der Waals surface area contributed by atoms with Crippen molar-refractivity contribution in [1.82, 2.24) is 4.90 Å². The van der Waals surface area contributed by atoms with Gasteiger partial charge in [-0.1, -0.05) is 15.9 Å². The Labute approximate surface area is 140 Å². The zero-order valence-corrected chi connectivity index (χ0v) is 14.7.